The molecule has 0 radical (unpaired) electrons. The zero-order valence-electron chi connectivity index (χ0n) is 17.7. The minimum absolute atomic E-state index is 0.0687. The molecule has 1 aliphatic heterocycles. The van der Waals surface area contributed by atoms with Crippen molar-refractivity contribution in [1.82, 2.24) is 14.5 Å². The molecule has 2 rings (SSSR count). The number of unbranched alkanes of at least 4 members (excludes halogenated alkanes) is 1. The van der Waals surface area contributed by atoms with Gasteiger partial charge in [0.15, 0.2) is 5.69 Å². The molecule has 158 valence electrons. The Bertz CT molecular complexity index is 775. The maximum atomic E-state index is 13.1. The zero-order valence-corrected chi connectivity index (χ0v) is 17.7. The average Bonchev–Trinajstić information content (AvgIpc) is 2.63. The van der Waals surface area contributed by atoms with Crippen molar-refractivity contribution in [2.75, 3.05) is 36.8 Å². The highest BCUT2D eigenvalue weighted by Crippen LogP contribution is 2.20. The number of aromatic amines is 1. The smallest absolute Gasteiger partial charge is 0.330 e. The van der Waals surface area contributed by atoms with Crippen LogP contribution >= 0.6 is 0 Å². The number of aromatic nitrogens is 2. The van der Waals surface area contributed by atoms with Crippen molar-refractivity contribution in [3.8, 4) is 0 Å². The molecule has 3 N–H and O–H groups in total. The van der Waals surface area contributed by atoms with Gasteiger partial charge in [0.2, 0.25) is 5.91 Å². The van der Waals surface area contributed by atoms with E-state index in [1.165, 1.54) is 9.47 Å². The summed E-state index contributed by atoms with van der Waals surface area (Å²) in [5.41, 5.74) is 5.20. The summed E-state index contributed by atoms with van der Waals surface area (Å²) in [6.45, 7) is 11.0. The SMILES string of the molecule is CCCCN(C(=O)CN1CCC(C)CC1)c1c(N)n(CC(C)C)c(=O)[nH]c1=O. The summed E-state index contributed by atoms with van der Waals surface area (Å²) in [6.07, 6.45) is 3.79. The summed E-state index contributed by atoms with van der Waals surface area (Å²) >= 11 is 0. The monoisotopic (exact) mass is 393 g/mol. The van der Waals surface area contributed by atoms with Gasteiger partial charge in [-0.2, -0.15) is 0 Å². The lowest BCUT2D eigenvalue weighted by Crippen LogP contribution is -2.47. The van der Waals surface area contributed by atoms with Gasteiger partial charge in [-0.15, -0.1) is 0 Å². The average molecular weight is 394 g/mol. The molecule has 0 unspecified atom stereocenters. The molecule has 1 aromatic heterocycles. The first-order valence-electron chi connectivity index (χ1n) is 10.4. The van der Waals surface area contributed by atoms with Crippen molar-refractivity contribution in [1.29, 1.82) is 0 Å². The van der Waals surface area contributed by atoms with Crippen LogP contribution in [0.2, 0.25) is 0 Å². The van der Waals surface area contributed by atoms with E-state index in [0.29, 0.717) is 19.0 Å². The second-order valence-electron chi connectivity index (χ2n) is 8.36. The Morgan fingerprint density at radius 1 is 1.29 bits per heavy atom. The predicted octanol–water partition coefficient (Wildman–Crippen LogP) is 1.64. The fourth-order valence-corrected chi connectivity index (χ4v) is 3.56. The van der Waals surface area contributed by atoms with Crippen molar-refractivity contribution in [2.24, 2.45) is 11.8 Å². The second-order valence-corrected chi connectivity index (χ2v) is 8.36. The Morgan fingerprint density at radius 2 is 1.93 bits per heavy atom. The number of hydrogen-bond acceptors (Lipinski definition) is 5. The van der Waals surface area contributed by atoms with Gasteiger partial charge in [-0.1, -0.05) is 34.1 Å². The fourth-order valence-electron chi connectivity index (χ4n) is 3.56. The van der Waals surface area contributed by atoms with Crippen LogP contribution in [0.5, 0.6) is 0 Å². The fraction of sp³-hybridized carbons (Fsp3) is 0.750. The van der Waals surface area contributed by atoms with E-state index < -0.39 is 11.2 Å². The van der Waals surface area contributed by atoms with Gasteiger partial charge >= 0.3 is 5.69 Å². The minimum Gasteiger partial charge on any atom is -0.383 e. The summed E-state index contributed by atoms with van der Waals surface area (Å²) in [5, 5.41) is 0. The standard InChI is InChI=1S/C20H35N5O3/c1-5-6-9-24(16(26)13-23-10-7-15(4)8-11-23)17-18(21)25(12-14(2)3)20(28)22-19(17)27/h14-15H,5-13,21H2,1-4H3,(H,22,27,28). The summed E-state index contributed by atoms with van der Waals surface area (Å²) < 4.78 is 1.36. The Kier molecular flexibility index (Phi) is 7.86. The number of nitrogens with one attached hydrogen (secondary N) is 1. The van der Waals surface area contributed by atoms with Crippen molar-refractivity contribution in [2.45, 2.75) is 59.9 Å². The molecule has 0 atom stereocenters. The number of hydrogen-bond donors (Lipinski definition) is 2. The lowest BCUT2D eigenvalue weighted by atomic mass is 9.99. The van der Waals surface area contributed by atoms with Crippen LogP contribution in [0, 0.1) is 11.8 Å². The number of nitrogens with two attached hydrogens (primary N) is 1. The molecule has 1 aromatic rings. The highest BCUT2D eigenvalue weighted by Gasteiger charge is 2.26. The summed E-state index contributed by atoms with van der Waals surface area (Å²) in [5.74, 6) is 0.781. The van der Waals surface area contributed by atoms with E-state index >= 15 is 0 Å². The van der Waals surface area contributed by atoms with Gasteiger partial charge in [0.05, 0.1) is 6.54 Å². The van der Waals surface area contributed by atoms with E-state index in [9.17, 15) is 14.4 Å². The van der Waals surface area contributed by atoms with E-state index in [-0.39, 0.29) is 29.9 Å². The van der Waals surface area contributed by atoms with E-state index in [1.807, 2.05) is 20.8 Å². The normalized spacial score (nSPS) is 15.9. The third-order valence-electron chi connectivity index (χ3n) is 5.30. The second kappa shape index (κ2) is 9.91. The van der Waals surface area contributed by atoms with Gasteiger partial charge in [0, 0.05) is 13.1 Å². The van der Waals surface area contributed by atoms with Gasteiger partial charge in [0.25, 0.3) is 5.56 Å². The van der Waals surface area contributed by atoms with E-state index in [1.54, 1.807) is 0 Å². The number of H-pyrrole nitrogens is 1. The molecule has 2 heterocycles. The van der Waals surface area contributed by atoms with E-state index in [2.05, 4.69) is 16.8 Å². The molecule has 0 aliphatic carbocycles. The molecule has 0 saturated carbocycles. The van der Waals surface area contributed by atoms with E-state index in [4.69, 9.17) is 5.73 Å². The minimum atomic E-state index is -0.598. The Balaban J connectivity index is 2.35. The molecule has 8 nitrogen and oxygen atoms in total. The summed E-state index contributed by atoms with van der Waals surface area (Å²) in [6, 6.07) is 0. The van der Waals surface area contributed by atoms with Crippen molar-refractivity contribution >= 4 is 17.4 Å². The third-order valence-corrected chi connectivity index (χ3v) is 5.30. The quantitative estimate of drug-likeness (QED) is 0.699. The molecular weight excluding hydrogens is 358 g/mol. The first-order valence-corrected chi connectivity index (χ1v) is 10.4. The molecule has 28 heavy (non-hydrogen) atoms. The van der Waals surface area contributed by atoms with Crippen LogP contribution in [0.15, 0.2) is 9.59 Å². The maximum Gasteiger partial charge on any atom is 0.330 e. The molecule has 1 fully saturated rings. The maximum absolute atomic E-state index is 13.1. The first kappa shape index (κ1) is 22.2. The Hall–Kier alpha value is -2.09. The number of carbonyl (C=O) groups is 1. The molecule has 1 amide bonds. The van der Waals surface area contributed by atoms with Crippen LogP contribution < -0.4 is 21.9 Å². The lowest BCUT2D eigenvalue weighted by molar-refractivity contribution is -0.120. The molecule has 0 bridgehead atoms. The third kappa shape index (κ3) is 5.47. The number of amides is 1. The van der Waals surface area contributed by atoms with Crippen LogP contribution in [-0.2, 0) is 11.3 Å². The van der Waals surface area contributed by atoms with Crippen LogP contribution in [-0.4, -0.2) is 46.5 Å². The van der Waals surface area contributed by atoms with Crippen molar-refractivity contribution in [3.05, 3.63) is 20.8 Å². The van der Waals surface area contributed by atoms with Gasteiger partial charge in [-0.25, -0.2) is 4.79 Å². The topological polar surface area (TPSA) is 104 Å². The number of piperidine rings is 1. The highest BCUT2D eigenvalue weighted by molar-refractivity contribution is 5.96. The van der Waals surface area contributed by atoms with Crippen molar-refractivity contribution < 1.29 is 4.79 Å². The summed E-state index contributed by atoms with van der Waals surface area (Å²) in [4.78, 5) is 43.9. The molecule has 1 saturated heterocycles. The number of nitrogen functional groups attached to an aromatic ring is 1. The number of likely N-dealkylation sites (tertiary alicyclic amines) is 1. The number of anilines is 2. The van der Waals surface area contributed by atoms with Crippen molar-refractivity contribution in [3.63, 3.8) is 0 Å². The zero-order chi connectivity index (χ0) is 20.8. The summed E-state index contributed by atoms with van der Waals surface area (Å²) in [7, 11) is 0. The van der Waals surface area contributed by atoms with Gasteiger partial charge in [-0.05, 0) is 44.2 Å². The van der Waals surface area contributed by atoms with Crippen LogP contribution in [0.25, 0.3) is 0 Å². The van der Waals surface area contributed by atoms with Crippen LogP contribution in [0.1, 0.15) is 53.4 Å². The number of nitrogens with zero attached hydrogens (tertiary/aromatic N) is 3. The Labute approximate surface area is 166 Å². The molecule has 1 aliphatic rings. The predicted molar refractivity (Wildman–Crippen MR) is 113 cm³/mol. The molecular formula is C20H35N5O3. The van der Waals surface area contributed by atoms with Gasteiger partial charge in [-0.3, -0.25) is 24.0 Å². The van der Waals surface area contributed by atoms with Gasteiger partial charge < -0.3 is 10.6 Å². The lowest BCUT2D eigenvalue weighted by Gasteiger charge is -2.32. The first-order chi connectivity index (χ1) is 13.2. The Morgan fingerprint density at radius 3 is 2.50 bits per heavy atom. The molecule has 0 aromatic carbocycles. The van der Waals surface area contributed by atoms with Crippen LogP contribution in [0.4, 0.5) is 11.5 Å². The van der Waals surface area contributed by atoms with E-state index in [0.717, 1.165) is 38.8 Å². The number of carbonyl (C=O) groups excluding carboxylic acids is 1. The van der Waals surface area contributed by atoms with Crippen LogP contribution in [0.3, 0.4) is 0 Å². The number of rotatable bonds is 8. The molecule has 8 heteroatoms. The highest BCUT2D eigenvalue weighted by atomic mass is 16.2. The van der Waals surface area contributed by atoms with Gasteiger partial charge in [0.1, 0.15) is 5.82 Å². The molecule has 0 spiro atoms. The largest absolute Gasteiger partial charge is 0.383 e.